The molecule has 2 heterocycles. The largest absolute Gasteiger partial charge is 0.417 e. The number of halogens is 4. The molecular formula is C12H9ClF3N5O3. The predicted octanol–water partition coefficient (Wildman–Crippen LogP) is 3.06. The molecule has 2 aromatic heterocycles. The highest BCUT2D eigenvalue weighted by Gasteiger charge is 2.32. The summed E-state index contributed by atoms with van der Waals surface area (Å²) in [6, 6.07) is -0.341. The van der Waals surface area contributed by atoms with Crippen molar-refractivity contribution in [2.45, 2.75) is 19.1 Å². The first kappa shape index (κ1) is 17.7. The van der Waals surface area contributed by atoms with Gasteiger partial charge in [-0.05, 0) is 13.0 Å². The van der Waals surface area contributed by atoms with E-state index in [1.54, 1.807) is 0 Å². The normalized spacial score (nSPS) is 12.7. The summed E-state index contributed by atoms with van der Waals surface area (Å²) in [5.41, 5.74) is -1.36. The molecule has 2 aromatic rings. The van der Waals surface area contributed by atoms with E-state index in [-0.39, 0.29) is 11.5 Å². The zero-order chi connectivity index (χ0) is 18.1. The van der Waals surface area contributed by atoms with Crippen molar-refractivity contribution in [3.05, 3.63) is 45.4 Å². The Morgan fingerprint density at radius 3 is 2.62 bits per heavy atom. The van der Waals surface area contributed by atoms with Crippen molar-refractivity contribution < 1.29 is 22.9 Å². The van der Waals surface area contributed by atoms with Gasteiger partial charge in [0, 0.05) is 6.20 Å². The minimum absolute atomic E-state index is 0.261. The van der Waals surface area contributed by atoms with Gasteiger partial charge < -0.3 is 5.32 Å². The van der Waals surface area contributed by atoms with E-state index in [0.717, 1.165) is 17.1 Å². The van der Waals surface area contributed by atoms with E-state index in [1.807, 2.05) is 0 Å². The van der Waals surface area contributed by atoms with Crippen LogP contribution in [0.2, 0.25) is 5.02 Å². The molecule has 0 unspecified atom stereocenters. The van der Waals surface area contributed by atoms with Crippen LogP contribution in [-0.2, 0) is 11.0 Å². The minimum Gasteiger partial charge on any atom is -0.308 e. The van der Waals surface area contributed by atoms with Crippen LogP contribution in [0.4, 0.5) is 24.7 Å². The maximum Gasteiger partial charge on any atom is 0.417 e. The van der Waals surface area contributed by atoms with Gasteiger partial charge in [-0.25, -0.2) is 4.98 Å². The van der Waals surface area contributed by atoms with Crippen molar-refractivity contribution in [2.24, 2.45) is 0 Å². The third-order valence-electron chi connectivity index (χ3n) is 2.99. The molecule has 128 valence electrons. The number of hydrogen-bond donors (Lipinski definition) is 1. The summed E-state index contributed by atoms with van der Waals surface area (Å²) in [6.07, 6.45) is -2.06. The number of nitrogens with zero attached hydrogens (tertiary/aromatic N) is 4. The number of carbonyl (C=O) groups is 1. The number of nitrogens with one attached hydrogen (secondary N) is 1. The third kappa shape index (κ3) is 3.79. The summed E-state index contributed by atoms with van der Waals surface area (Å²) in [6.45, 7) is 1.39. The highest BCUT2D eigenvalue weighted by molar-refractivity contribution is 6.33. The van der Waals surface area contributed by atoms with Crippen molar-refractivity contribution in [1.82, 2.24) is 14.8 Å². The van der Waals surface area contributed by atoms with Gasteiger partial charge in [-0.15, -0.1) is 0 Å². The Bertz CT molecular complexity index is 792. The van der Waals surface area contributed by atoms with Crippen LogP contribution >= 0.6 is 11.6 Å². The number of amides is 1. The van der Waals surface area contributed by atoms with Gasteiger partial charge in [-0.3, -0.25) is 19.6 Å². The lowest BCUT2D eigenvalue weighted by molar-refractivity contribution is -0.385. The number of anilines is 1. The first-order valence-electron chi connectivity index (χ1n) is 6.31. The van der Waals surface area contributed by atoms with E-state index >= 15 is 0 Å². The van der Waals surface area contributed by atoms with Crippen LogP contribution in [0.25, 0.3) is 0 Å². The molecular weight excluding hydrogens is 355 g/mol. The molecule has 24 heavy (non-hydrogen) atoms. The van der Waals surface area contributed by atoms with Crippen molar-refractivity contribution in [3.8, 4) is 0 Å². The lowest BCUT2D eigenvalue weighted by Gasteiger charge is -2.13. The lowest BCUT2D eigenvalue weighted by Crippen LogP contribution is -2.24. The molecule has 1 atom stereocenters. The van der Waals surface area contributed by atoms with Crippen molar-refractivity contribution in [1.29, 1.82) is 0 Å². The van der Waals surface area contributed by atoms with Crippen molar-refractivity contribution in [3.63, 3.8) is 0 Å². The van der Waals surface area contributed by atoms with Crippen LogP contribution in [0, 0.1) is 10.1 Å². The molecule has 8 nitrogen and oxygen atoms in total. The summed E-state index contributed by atoms with van der Waals surface area (Å²) in [5, 5.41) is 16.1. The van der Waals surface area contributed by atoms with Crippen molar-refractivity contribution in [2.75, 3.05) is 5.32 Å². The maximum atomic E-state index is 12.5. The molecule has 0 aliphatic rings. The standard InChI is InChI=1S/C12H9ClF3N5O3/c1-6(20-5-8(4-18-20)21(23)24)11(22)19-10-9(13)2-7(3-17-10)12(14,15)16/h2-6H,1H3,(H,17,19,22)/t6-/m1/s1. The predicted molar refractivity (Wildman–Crippen MR) is 76.5 cm³/mol. The van der Waals surface area contributed by atoms with E-state index in [2.05, 4.69) is 15.4 Å². The highest BCUT2D eigenvalue weighted by atomic mass is 35.5. The SMILES string of the molecule is C[C@H](C(=O)Nc1ncc(C(F)(F)F)cc1Cl)n1cc([N+](=O)[O-])cn1. The summed E-state index contributed by atoms with van der Waals surface area (Å²) in [7, 11) is 0. The molecule has 2 rings (SSSR count). The molecule has 0 bridgehead atoms. The van der Waals surface area contributed by atoms with Gasteiger partial charge in [0.15, 0.2) is 5.82 Å². The Morgan fingerprint density at radius 1 is 1.46 bits per heavy atom. The number of nitro groups is 1. The maximum absolute atomic E-state index is 12.5. The summed E-state index contributed by atoms with van der Waals surface area (Å²) in [5.74, 6) is -0.967. The van der Waals surface area contributed by atoms with Gasteiger partial charge in [0.05, 0.1) is 15.5 Å². The van der Waals surface area contributed by atoms with Crippen LogP contribution in [0.5, 0.6) is 0 Å². The average Bonchev–Trinajstić information content (AvgIpc) is 2.97. The Hall–Kier alpha value is -2.69. The van der Waals surface area contributed by atoms with E-state index in [0.29, 0.717) is 12.3 Å². The number of aromatic nitrogens is 3. The Kier molecular flexibility index (Phi) is 4.73. The number of rotatable bonds is 4. The van der Waals surface area contributed by atoms with Crippen LogP contribution in [0.15, 0.2) is 24.7 Å². The fourth-order valence-corrected chi connectivity index (χ4v) is 1.87. The Morgan fingerprint density at radius 2 is 2.12 bits per heavy atom. The van der Waals surface area contributed by atoms with E-state index in [4.69, 9.17) is 11.6 Å². The van der Waals surface area contributed by atoms with Gasteiger partial charge in [0.1, 0.15) is 18.4 Å². The number of carbonyl (C=O) groups excluding carboxylic acids is 1. The molecule has 0 spiro atoms. The number of hydrogen-bond acceptors (Lipinski definition) is 5. The molecule has 0 aromatic carbocycles. The Labute approximate surface area is 137 Å². The molecule has 0 aliphatic carbocycles. The van der Waals surface area contributed by atoms with Gasteiger partial charge in [0.25, 0.3) is 0 Å². The van der Waals surface area contributed by atoms with Crippen LogP contribution in [-0.4, -0.2) is 25.6 Å². The second kappa shape index (κ2) is 6.43. The summed E-state index contributed by atoms with van der Waals surface area (Å²) in [4.78, 5) is 25.4. The van der Waals surface area contributed by atoms with Gasteiger partial charge in [-0.1, -0.05) is 11.6 Å². The highest BCUT2D eigenvalue weighted by Crippen LogP contribution is 2.32. The summed E-state index contributed by atoms with van der Waals surface area (Å²) >= 11 is 5.69. The van der Waals surface area contributed by atoms with E-state index in [9.17, 15) is 28.1 Å². The van der Waals surface area contributed by atoms with Gasteiger partial charge >= 0.3 is 11.9 Å². The topological polar surface area (TPSA) is 103 Å². The van der Waals surface area contributed by atoms with E-state index < -0.39 is 33.6 Å². The van der Waals surface area contributed by atoms with Crippen LogP contribution < -0.4 is 5.32 Å². The smallest absolute Gasteiger partial charge is 0.308 e. The lowest BCUT2D eigenvalue weighted by atomic mass is 10.2. The molecule has 0 saturated heterocycles. The first-order chi connectivity index (χ1) is 11.1. The fraction of sp³-hybridized carbons (Fsp3) is 0.250. The zero-order valence-electron chi connectivity index (χ0n) is 11.9. The molecule has 0 fully saturated rings. The van der Waals surface area contributed by atoms with Gasteiger partial charge in [0.2, 0.25) is 5.91 Å². The van der Waals surface area contributed by atoms with Crippen LogP contribution in [0.3, 0.4) is 0 Å². The average molecular weight is 364 g/mol. The molecule has 0 radical (unpaired) electrons. The molecule has 0 aliphatic heterocycles. The first-order valence-corrected chi connectivity index (χ1v) is 6.69. The summed E-state index contributed by atoms with van der Waals surface area (Å²) < 4.78 is 38.6. The third-order valence-corrected chi connectivity index (χ3v) is 3.27. The second-order valence-corrected chi connectivity index (χ2v) is 5.06. The second-order valence-electron chi connectivity index (χ2n) is 4.65. The molecule has 12 heteroatoms. The number of pyridine rings is 1. The van der Waals surface area contributed by atoms with Crippen molar-refractivity contribution >= 4 is 29.0 Å². The zero-order valence-corrected chi connectivity index (χ0v) is 12.7. The number of alkyl halides is 3. The quantitative estimate of drug-likeness (QED) is 0.664. The van der Waals surface area contributed by atoms with Crippen LogP contribution in [0.1, 0.15) is 18.5 Å². The van der Waals surface area contributed by atoms with Gasteiger partial charge in [-0.2, -0.15) is 18.3 Å². The fourth-order valence-electron chi connectivity index (χ4n) is 1.66. The molecule has 1 N–H and O–H groups in total. The van der Waals surface area contributed by atoms with E-state index in [1.165, 1.54) is 6.92 Å². The molecule has 0 saturated carbocycles. The Balaban J connectivity index is 2.15. The monoisotopic (exact) mass is 363 g/mol. The molecule has 1 amide bonds. The minimum atomic E-state index is -4.61.